The topological polar surface area (TPSA) is 89.4 Å². The van der Waals surface area contributed by atoms with Crippen molar-refractivity contribution in [2.75, 3.05) is 20.0 Å². The van der Waals surface area contributed by atoms with E-state index in [1.807, 2.05) is 60.7 Å². The first-order chi connectivity index (χ1) is 14.6. The van der Waals surface area contributed by atoms with Gasteiger partial charge in [-0.25, -0.2) is 0 Å². The molecule has 0 saturated carbocycles. The first-order valence-corrected chi connectivity index (χ1v) is 9.35. The van der Waals surface area contributed by atoms with Gasteiger partial charge in [0.15, 0.2) is 0 Å². The molecule has 0 spiro atoms. The molecule has 30 heavy (non-hydrogen) atoms. The van der Waals surface area contributed by atoms with Crippen LogP contribution in [0.25, 0.3) is 21.9 Å². The van der Waals surface area contributed by atoms with Gasteiger partial charge < -0.3 is 20.3 Å². The number of rotatable bonds is 5. The van der Waals surface area contributed by atoms with Gasteiger partial charge >= 0.3 is 0 Å². The lowest BCUT2D eigenvalue weighted by Crippen LogP contribution is -1.92. The molecule has 0 amide bonds. The predicted octanol–water partition coefficient (Wildman–Crippen LogP) is 6.23. The van der Waals surface area contributed by atoms with Crippen LogP contribution in [0.4, 0.5) is 17.1 Å². The average molecular weight is 399 g/mol. The van der Waals surface area contributed by atoms with Crippen molar-refractivity contribution in [3.8, 4) is 28.4 Å². The van der Waals surface area contributed by atoms with Crippen molar-refractivity contribution in [3.63, 3.8) is 0 Å². The van der Waals surface area contributed by atoms with E-state index >= 15 is 0 Å². The van der Waals surface area contributed by atoms with Crippen LogP contribution in [0, 0.1) is 0 Å². The lowest BCUT2D eigenvalue weighted by molar-refractivity contribution is 0.415. The number of aromatic hydroxyl groups is 1. The molecule has 6 nitrogen and oxygen atoms in total. The number of phenolic OH excluding ortho intramolecular Hbond substituents is 1. The molecule has 4 aromatic rings. The Morgan fingerprint density at radius 3 is 2.03 bits per heavy atom. The van der Waals surface area contributed by atoms with Crippen molar-refractivity contribution in [1.29, 1.82) is 0 Å². The number of phenols is 1. The summed E-state index contributed by atoms with van der Waals surface area (Å²) >= 11 is 0. The molecule has 3 N–H and O–H groups in total. The molecule has 4 rings (SSSR count). The number of nitrogens with two attached hydrogens (primary N) is 1. The van der Waals surface area contributed by atoms with E-state index in [2.05, 4.69) is 10.2 Å². The van der Waals surface area contributed by atoms with E-state index in [9.17, 15) is 5.11 Å². The minimum Gasteiger partial charge on any atom is -0.507 e. The second-order valence-electron chi connectivity index (χ2n) is 6.69. The number of anilines is 1. The minimum atomic E-state index is 0.213. The van der Waals surface area contributed by atoms with E-state index in [0.29, 0.717) is 28.6 Å². The van der Waals surface area contributed by atoms with Crippen molar-refractivity contribution in [2.24, 2.45) is 10.2 Å². The zero-order chi connectivity index (χ0) is 21.1. The Kier molecular flexibility index (Phi) is 5.22. The van der Waals surface area contributed by atoms with Crippen LogP contribution in [-0.4, -0.2) is 19.3 Å². The van der Waals surface area contributed by atoms with Gasteiger partial charge in [0.25, 0.3) is 0 Å². The summed E-state index contributed by atoms with van der Waals surface area (Å²) in [6.45, 7) is 0. The number of hydrogen-bond donors (Lipinski definition) is 2. The highest BCUT2D eigenvalue weighted by atomic mass is 16.5. The van der Waals surface area contributed by atoms with Crippen LogP contribution in [0.1, 0.15) is 0 Å². The van der Waals surface area contributed by atoms with E-state index in [4.69, 9.17) is 15.2 Å². The summed E-state index contributed by atoms with van der Waals surface area (Å²) in [6.07, 6.45) is 0. The third-order valence-corrected chi connectivity index (χ3v) is 4.89. The van der Waals surface area contributed by atoms with Gasteiger partial charge in [0.2, 0.25) is 0 Å². The average Bonchev–Trinajstić information content (AvgIpc) is 2.79. The molecule has 0 bridgehead atoms. The fourth-order valence-corrected chi connectivity index (χ4v) is 3.29. The first kappa shape index (κ1) is 19.3. The van der Waals surface area contributed by atoms with Crippen LogP contribution in [0.2, 0.25) is 0 Å². The first-order valence-electron chi connectivity index (χ1n) is 9.35. The van der Waals surface area contributed by atoms with E-state index in [1.54, 1.807) is 26.4 Å². The third-order valence-electron chi connectivity index (χ3n) is 4.89. The number of nitrogen functional groups attached to an aromatic ring is 1. The van der Waals surface area contributed by atoms with E-state index in [-0.39, 0.29) is 5.75 Å². The maximum Gasteiger partial charge on any atom is 0.146 e. The summed E-state index contributed by atoms with van der Waals surface area (Å²) in [5.41, 5.74) is 9.65. The monoisotopic (exact) mass is 399 g/mol. The molecule has 0 saturated heterocycles. The molecule has 0 atom stereocenters. The Morgan fingerprint density at radius 2 is 1.30 bits per heavy atom. The molecule has 0 heterocycles. The zero-order valence-corrected chi connectivity index (χ0v) is 16.7. The maximum absolute atomic E-state index is 10.0. The summed E-state index contributed by atoms with van der Waals surface area (Å²) in [5.74, 6) is 1.43. The smallest absolute Gasteiger partial charge is 0.146 e. The van der Waals surface area contributed by atoms with Crippen LogP contribution in [0.15, 0.2) is 83.0 Å². The van der Waals surface area contributed by atoms with Gasteiger partial charge in [-0.15, -0.1) is 10.2 Å². The molecule has 0 unspecified atom stereocenters. The van der Waals surface area contributed by atoms with Gasteiger partial charge in [0.05, 0.1) is 25.6 Å². The predicted molar refractivity (Wildman–Crippen MR) is 119 cm³/mol. The van der Waals surface area contributed by atoms with Gasteiger partial charge in [0.1, 0.15) is 22.9 Å². The quantitative estimate of drug-likeness (QED) is 0.308. The summed E-state index contributed by atoms with van der Waals surface area (Å²) in [6, 6.07) is 22.2. The van der Waals surface area contributed by atoms with Gasteiger partial charge in [-0.2, -0.15) is 0 Å². The van der Waals surface area contributed by atoms with E-state index < -0.39 is 0 Å². The van der Waals surface area contributed by atoms with Crippen LogP contribution >= 0.6 is 0 Å². The summed E-state index contributed by atoms with van der Waals surface area (Å²) in [5, 5.41) is 20.4. The maximum atomic E-state index is 10.0. The van der Waals surface area contributed by atoms with Crippen molar-refractivity contribution in [1.82, 2.24) is 0 Å². The molecular weight excluding hydrogens is 378 g/mol. The van der Waals surface area contributed by atoms with Crippen molar-refractivity contribution in [2.45, 2.75) is 0 Å². The zero-order valence-electron chi connectivity index (χ0n) is 16.7. The molecule has 4 aromatic carbocycles. The number of methoxy groups -OCH3 is 2. The Bertz CT molecular complexity index is 1250. The third kappa shape index (κ3) is 3.63. The summed E-state index contributed by atoms with van der Waals surface area (Å²) in [4.78, 5) is 0. The van der Waals surface area contributed by atoms with Gasteiger partial charge in [-0.3, -0.25) is 0 Å². The lowest BCUT2D eigenvalue weighted by atomic mass is 10.0. The van der Waals surface area contributed by atoms with Crippen LogP contribution in [0.3, 0.4) is 0 Å². The lowest BCUT2D eigenvalue weighted by Gasteiger charge is -2.10. The second-order valence-corrected chi connectivity index (χ2v) is 6.69. The number of hydrogen-bond acceptors (Lipinski definition) is 6. The molecule has 6 heteroatoms. The Balaban J connectivity index is 1.70. The highest BCUT2D eigenvalue weighted by Gasteiger charge is 2.09. The summed E-state index contributed by atoms with van der Waals surface area (Å²) in [7, 11) is 3.18. The number of nitrogens with zero attached hydrogens (tertiary/aromatic N) is 2. The van der Waals surface area contributed by atoms with Crippen molar-refractivity contribution in [3.05, 3.63) is 72.8 Å². The number of fused-ring (bicyclic) bond motifs is 1. The fraction of sp³-hybridized carbons (Fsp3) is 0.0833. The van der Waals surface area contributed by atoms with Crippen LogP contribution < -0.4 is 15.2 Å². The highest BCUT2D eigenvalue weighted by Crippen LogP contribution is 2.37. The minimum absolute atomic E-state index is 0.213. The molecular formula is C24H21N3O3. The molecule has 0 aromatic heterocycles. The van der Waals surface area contributed by atoms with Gasteiger partial charge in [-0.05, 0) is 47.5 Å². The number of ether oxygens (including phenoxy) is 2. The van der Waals surface area contributed by atoms with Gasteiger partial charge in [0, 0.05) is 10.8 Å². The molecule has 0 aliphatic heterocycles. The molecule has 0 aliphatic rings. The molecule has 0 radical (unpaired) electrons. The second kappa shape index (κ2) is 8.13. The Labute approximate surface area is 174 Å². The molecule has 0 aliphatic carbocycles. The SMILES string of the molecule is COc1cc(-c2ccc(N=Nc3ccc(O)c4ccccc34)c(OC)c2)ccc1N. The molecule has 150 valence electrons. The highest BCUT2D eigenvalue weighted by molar-refractivity contribution is 5.96. The van der Waals surface area contributed by atoms with E-state index in [0.717, 1.165) is 21.9 Å². The number of azo groups is 1. The standard InChI is InChI=1S/C24H21N3O3/c1-29-23-13-15(7-9-19(23)25)16-8-10-21(24(14-16)30-2)27-26-20-11-12-22(28)18-6-4-3-5-17(18)20/h3-14,28H,25H2,1-2H3. The Hall–Kier alpha value is -4.06. The fourth-order valence-electron chi connectivity index (χ4n) is 3.29. The normalized spacial score (nSPS) is 11.1. The van der Waals surface area contributed by atoms with Crippen molar-refractivity contribution < 1.29 is 14.6 Å². The van der Waals surface area contributed by atoms with Crippen molar-refractivity contribution >= 4 is 27.8 Å². The largest absolute Gasteiger partial charge is 0.507 e. The Morgan fingerprint density at radius 1 is 0.700 bits per heavy atom. The van der Waals surface area contributed by atoms with Crippen LogP contribution in [-0.2, 0) is 0 Å². The van der Waals surface area contributed by atoms with E-state index in [1.165, 1.54) is 0 Å². The van der Waals surface area contributed by atoms with Crippen LogP contribution in [0.5, 0.6) is 17.2 Å². The van der Waals surface area contributed by atoms with Gasteiger partial charge in [-0.1, -0.05) is 36.4 Å². The summed E-state index contributed by atoms with van der Waals surface area (Å²) < 4.78 is 10.8. The number of benzene rings is 4. The molecule has 0 fully saturated rings.